The molecule has 2 amide bonds. The summed E-state index contributed by atoms with van der Waals surface area (Å²) in [5.41, 5.74) is 1.71. The lowest BCUT2D eigenvalue weighted by Gasteiger charge is -2.20. The molecule has 2 aromatic carbocycles. The predicted octanol–water partition coefficient (Wildman–Crippen LogP) is 4.05. The summed E-state index contributed by atoms with van der Waals surface area (Å²) in [5, 5.41) is 8.80. The largest absolute Gasteiger partial charge is 0.494 e. The molecular weight excluding hydrogens is 354 g/mol. The Labute approximate surface area is 166 Å². The van der Waals surface area contributed by atoms with Crippen molar-refractivity contribution in [3.8, 4) is 5.75 Å². The smallest absolute Gasteiger partial charge is 0.251 e. The summed E-state index contributed by atoms with van der Waals surface area (Å²) in [4.78, 5) is 24.3. The van der Waals surface area contributed by atoms with Crippen molar-refractivity contribution in [2.45, 2.75) is 39.7 Å². The number of nitrogens with one attached hydrogen (secondary N) is 3. The second-order valence-corrected chi connectivity index (χ2v) is 7.56. The van der Waals surface area contributed by atoms with Gasteiger partial charge in [0, 0.05) is 28.5 Å². The first-order valence-electron chi connectivity index (χ1n) is 9.46. The van der Waals surface area contributed by atoms with E-state index in [2.05, 4.69) is 22.9 Å². The Morgan fingerprint density at radius 3 is 2.36 bits per heavy atom. The van der Waals surface area contributed by atoms with Crippen LogP contribution in [0.1, 0.15) is 44.5 Å². The van der Waals surface area contributed by atoms with E-state index in [1.54, 1.807) is 24.3 Å². The summed E-state index contributed by atoms with van der Waals surface area (Å²) in [7, 11) is 0. The Bertz CT molecular complexity index is 795. The number of anilines is 2. The molecule has 0 atom stereocenters. The lowest BCUT2D eigenvalue weighted by Crippen LogP contribution is -2.40. The number of ether oxygens (including phenoxy) is 1. The highest BCUT2D eigenvalue weighted by atomic mass is 16.5. The highest BCUT2D eigenvalue weighted by Gasteiger charge is 2.15. The summed E-state index contributed by atoms with van der Waals surface area (Å²) in [6, 6.07) is 14.3. The summed E-state index contributed by atoms with van der Waals surface area (Å²) < 4.78 is 5.59. The van der Waals surface area contributed by atoms with Crippen LogP contribution in [-0.4, -0.2) is 30.5 Å². The van der Waals surface area contributed by atoms with E-state index in [1.165, 1.54) is 0 Å². The maximum absolute atomic E-state index is 12.2. The van der Waals surface area contributed by atoms with E-state index in [9.17, 15) is 9.59 Å². The molecule has 2 aromatic rings. The van der Waals surface area contributed by atoms with Gasteiger partial charge in [0.2, 0.25) is 5.91 Å². The van der Waals surface area contributed by atoms with E-state index >= 15 is 0 Å². The van der Waals surface area contributed by atoms with Gasteiger partial charge in [-0.1, -0.05) is 13.0 Å². The van der Waals surface area contributed by atoms with Gasteiger partial charge in [0.05, 0.1) is 13.2 Å². The molecule has 0 heterocycles. The van der Waals surface area contributed by atoms with Crippen LogP contribution < -0.4 is 20.7 Å². The molecule has 0 aliphatic carbocycles. The molecule has 0 unspecified atom stereocenters. The molecule has 0 saturated heterocycles. The third-order valence-corrected chi connectivity index (χ3v) is 3.68. The van der Waals surface area contributed by atoms with Gasteiger partial charge in [-0.3, -0.25) is 9.59 Å². The summed E-state index contributed by atoms with van der Waals surface area (Å²) >= 11 is 0. The molecule has 6 nitrogen and oxygen atoms in total. The number of carbonyl (C=O) groups excluding carboxylic acids is 2. The van der Waals surface area contributed by atoms with Crippen molar-refractivity contribution in [3.05, 3.63) is 54.1 Å². The summed E-state index contributed by atoms with van der Waals surface area (Å²) in [6.45, 7) is 8.63. The minimum absolute atomic E-state index is 0.128. The van der Waals surface area contributed by atoms with Crippen LogP contribution >= 0.6 is 0 Å². The van der Waals surface area contributed by atoms with Gasteiger partial charge in [0.15, 0.2) is 0 Å². The molecule has 6 heteroatoms. The third kappa shape index (κ3) is 7.31. The van der Waals surface area contributed by atoms with Crippen LogP contribution in [0.25, 0.3) is 0 Å². The van der Waals surface area contributed by atoms with E-state index in [0.717, 1.165) is 17.9 Å². The SMILES string of the molecule is CCCOc1cccc(NCC(=O)Nc2ccc(C(=O)NC(C)(C)C)cc2)c1. The molecule has 0 bridgehead atoms. The number of hydrogen-bond donors (Lipinski definition) is 3. The average Bonchev–Trinajstić information content (AvgIpc) is 2.64. The molecule has 28 heavy (non-hydrogen) atoms. The predicted molar refractivity (Wildman–Crippen MR) is 113 cm³/mol. The maximum atomic E-state index is 12.2. The second kappa shape index (κ2) is 9.78. The van der Waals surface area contributed by atoms with Crippen LogP contribution in [0.3, 0.4) is 0 Å². The van der Waals surface area contributed by atoms with Crippen LogP contribution in [0, 0.1) is 0 Å². The van der Waals surface area contributed by atoms with Gasteiger partial charge in [0.1, 0.15) is 5.75 Å². The Morgan fingerprint density at radius 2 is 1.71 bits per heavy atom. The maximum Gasteiger partial charge on any atom is 0.251 e. The van der Waals surface area contributed by atoms with Crippen molar-refractivity contribution in [3.63, 3.8) is 0 Å². The Hall–Kier alpha value is -3.02. The van der Waals surface area contributed by atoms with Crippen molar-refractivity contribution in [2.75, 3.05) is 23.8 Å². The first-order valence-corrected chi connectivity index (χ1v) is 9.46. The zero-order valence-electron chi connectivity index (χ0n) is 17.0. The minimum atomic E-state index is -0.297. The van der Waals surface area contributed by atoms with E-state index in [4.69, 9.17) is 4.74 Å². The average molecular weight is 383 g/mol. The molecular formula is C22H29N3O3. The fraction of sp³-hybridized carbons (Fsp3) is 0.364. The van der Waals surface area contributed by atoms with Crippen LogP contribution in [-0.2, 0) is 4.79 Å². The third-order valence-electron chi connectivity index (χ3n) is 3.68. The monoisotopic (exact) mass is 383 g/mol. The molecule has 2 rings (SSSR count). The zero-order valence-corrected chi connectivity index (χ0v) is 17.0. The van der Waals surface area contributed by atoms with E-state index < -0.39 is 0 Å². The number of rotatable bonds is 8. The standard InChI is InChI=1S/C22H29N3O3/c1-5-13-28-19-8-6-7-18(14-19)23-15-20(26)24-17-11-9-16(10-12-17)21(27)25-22(2,3)4/h6-12,14,23H,5,13,15H2,1-4H3,(H,24,26)(H,25,27). The first kappa shape index (κ1) is 21.3. The van der Waals surface area contributed by atoms with Crippen molar-refractivity contribution >= 4 is 23.2 Å². The van der Waals surface area contributed by atoms with Gasteiger partial charge in [-0.25, -0.2) is 0 Å². The normalized spacial score (nSPS) is 10.9. The van der Waals surface area contributed by atoms with Gasteiger partial charge in [-0.2, -0.15) is 0 Å². The Morgan fingerprint density at radius 1 is 1.00 bits per heavy atom. The minimum Gasteiger partial charge on any atom is -0.494 e. The van der Waals surface area contributed by atoms with Crippen molar-refractivity contribution < 1.29 is 14.3 Å². The van der Waals surface area contributed by atoms with E-state index in [-0.39, 0.29) is 23.9 Å². The molecule has 0 radical (unpaired) electrons. The molecule has 0 aromatic heterocycles. The van der Waals surface area contributed by atoms with Gasteiger partial charge in [-0.05, 0) is 63.6 Å². The van der Waals surface area contributed by atoms with Crippen LogP contribution in [0.4, 0.5) is 11.4 Å². The first-order chi connectivity index (χ1) is 13.3. The molecule has 0 spiro atoms. The highest BCUT2D eigenvalue weighted by molar-refractivity contribution is 5.97. The summed E-state index contributed by atoms with van der Waals surface area (Å²) in [6.07, 6.45) is 0.941. The fourth-order valence-electron chi connectivity index (χ4n) is 2.42. The molecule has 0 fully saturated rings. The van der Waals surface area contributed by atoms with Crippen LogP contribution in [0.5, 0.6) is 5.75 Å². The zero-order chi connectivity index (χ0) is 20.6. The second-order valence-electron chi connectivity index (χ2n) is 7.56. The molecule has 0 aliphatic rings. The molecule has 0 saturated carbocycles. The fourth-order valence-corrected chi connectivity index (χ4v) is 2.42. The van der Waals surface area contributed by atoms with Crippen LogP contribution in [0.2, 0.25) is 0 Å². The Balaban J connectivity index is 1.85. The number of carbonyl (C=O) groups is 2. The topological polar surface area (TPSA) is 79.5 Å². The number of hydrogen-bond acceptors (Lipinski definition) is 4. The van der Waals surface area contributed by atoms with Crippen molar-refractivity contribution in [2.24, 2.45) is 0 Å². The van der Waals surface area contributed by atoms with Crippen molar-refractivity contribution in [1.29, 1.82) is 0 Å². The highest BCUT2D eigenvalue weighted by Crippen LogP contribution is 2.17. The van der Waals surface area contributed by atoms with E-state index in [1.807, 2.05) is 45.0 Å². The van der Waals surface area contributed by atoms with Gasteiger partial charge in [0.25, 0.3) is 5.91 Å². The van der Waals surface area contributed by atoms with Gasteiger partial charge >= 0.3 is 0 Å². The number of benzene rings is 2. The van der Waals surface area contributed by atoms with Gasteiger partial charge < -0.3 is 20.7 Å². The lowest BCUT2D eigenvalue weighted by molar-refractivity contribution is -0.114. The summed E-state index contributed by atoms with van der Waals surface area (Å²) in [5.74, 6) is 0.459. The molecule has 150 valence electrons. The molecule has 3 N–H and O–H groups in total. The van der Waals surface area contributed by atoms with Gasteiger partial charge in [-0.15, -0.1) is 0 Å². The Kier molecular flexibility index (Phi) is 7.44. The van der Waals surface area contributed by atoms with E-state index in [0.29, 0.717) is 17.9 Å². The van der Waals surface area contributed by atoms with Crippen molar-refractivity contribution in [1.82, 2.24) is 5.32 Å². The molecule has 0 aliphatic heterocycles. The van der Waals surface area contributed by atoms with Crippen LogP contribution in [0.15, 0.2) is 48.5 Å². The quantitative estimate of drug-likeness (QED) is 0.642. The lowest BCUT2D eigenvalue weighted by atomic mass is 10.1. The number of amides is 2.